The van der Waals surface area contributed by atoms with Gasteiger partial charge in [-0.2, -0.15) is 0 Å². The van der Waals surface area contributed by atoms with Crippen molar-refractivity contribution in [1.82, 2.24) is 0 Å². The molecule has 0 amide bonds. The lowest BCUT2D eigenvalue weighted by molar-refractivity contribution is 0.357. The Hall–Kier alpha value is -1.32. The molecule has 20 heavy (non-hydrogen) atoms. The molecule has 0 N–H and O–H groups in total. The van der Waals surface area contributed by atoms with E-state index in [-0.39, 0.29) is 4.83 Å². The van der Waals surface area contributed by atoms with E-state index >= 15 is 0 Å². The minimum absolute atomic E-state index is 0.240. The van der Waals surface area contributed by atoms with Crippen LogP contribution in [0.5, 0.6) is 5.75 Å². The van der Waals surface area contributed by atoms with Crippen LogP contribution in [0.1, 0.15) is 21.5 Å². The number of thiophene rings is 1. The standard InChI is InChI=1S/C17H13BrOS/c18-17(12-5-6-15-11(9-12)7-8-19-15)14-10-20-16-4-2-1-3-13(14)16/h1-6,9-10,17H,7-8H2. The second-order valence-corrected chi connectivity index (χ2v) is 6.84. The van der Waals surface area contributed by atoms with Crippen molar-refractivity contribution in [2.24, 2.45) is 0 Å². The maximum atomic E-state index is 5.58. The van der Waals surface area contributed by atoms with E-state index in [1.165, 1.54) is 26.8 Å². The van der Waals surface area contributed by atoms with Crippen LogP contribution < -0.4 is 4.74 Å². The van der Waals surface area contributed by atoms with Crippen LogP contribution >= 0.6 is 27.3 Å². The van der Waals surface area contributed by atoms with E-state index in [0.29, 0.717) is 0 Å². The van der Waals surface area contributed by atoms with Gasteiger partial charge in [-0.3, -0.25) is 0 Å². The van der Waals surface area contributed by atoms with Gasteiger partial charge in [0.25, 0.3) is 0 Å². The van der Waals surface area contributed by atoms with Gasteiger partial charge in [0.05, 0.1) is 11.4 Å². The Labute approximate surface area is 130 Å². The molecule has 1 atom stereocenters. The monoisotopic (exact) mass is 344 g/mol. The lowest BCUT2D eigenvalue weighted by atomic mass is 10.0. The van der Waals surface area contributed by atoms with Crippen LogP contribution in [0.4, 0.5) is 0 Å². The number of alkyl halides is 1. The minimum Gasteiger partial charge on any atom is -0.493 e. The molecule has 1 aliphatic heterocycles. The van der Waals surface area contributed by atoms with Crippen molar-refractivity contribution in [1.29, 1.82) is 0 Å². The van der Waals surface area contributed by atoms with E-state index < -0.39 is 0 Å². The third-order valence-corrected chi connectivity index (χ3v) is 5.79. The Kier molecular flexibility index (Phi) is 3.04. The Morgan fingerprint density at radius 3 is 3.00 bits per heavy atom. The molecule has 100 valence electrons. The van der Waals surface area contributed by atoms with Gasteiger partial charge in [0.2, 0.25) is 0 Å². The summed E-state index contributed by atoms with van der Waals surface area (Å²) in [6, 6.07) is 15.1. The predicted molar refractivity (Wildman–Crippen MR) is 88.2 cm³/mol. The van der Waals surface area contributed by atoms with Gasteiger partial charge in [-0.1, -0.05) is 46.3 Å². The Balaban J connectivity index is 1.78. The first-order chi connectivity index (χ1) is 9.83. The van der Waals surface area contributed by atoms with Crippen LogP contribution in [-0.2, 0) is 6.42 Å². The third kappa shape index (κ3) is 1.97. The first-order valence-electron chi connectivity index (χ1n) is 6.69. The summed E-state index contributed by atoms with van der Waals surface area (Å²) in [7, 11) is 0. The first-order valence-corrected chi connectivity index (χ1v) is 8.48. The molecule has 3 aromatic rings. The molecule has 2 heterocycles. The number of ether oxygens (including phenoxy) is 1. The summed E-state index contributed by atoms with van der Waals surface area (Å²) < 4.78 is 6.92. The van der Waals surface area contributed by atoms with Gasteiger partial charge in [-0.25, -0.2) is 0 Å². The smallest absolute Gasteiger partial charge is 0.122 e. The molecular formula is C17H13BrOS. The van der Waals surface area contributed by atoms with Crippen LogP contribution in [0.25, 0.3) is 10.1 Å². The largest absolute Gasteiger partial charge is 0.493 e. The first kappa shape index (κ1) is 12.4. The molecule has 1 aromatic heterocycles. The van der Waals surface area contributed by atoms with Gasteiger partial charge < -0.3 is 4.74 Å². The number of halogens is 1. The second-order valence-electron chi connectivity index (χ2n) is 5.02. The summed E-state index contributed by atoms with van der Waals surface area (Å²) in [5.41, 5.74) is 3.98. The molecule has 0 radical (unpaired) electrons. The fraction of sp³-hybridized carbons (Fsp3) is 0.176. The minimum atomic E-state index is 0.240. The number of hydrogen-bond acceptors (Lipinski definition) is 2. The quantitative estimate of drug-likeness (QED) is 0.571. The van der Waals surface area contributed by atoms with Crippen molar-refractivity contribution in [3.63, 3.8) is 0 Å². The molecule has 4 rings (SSSR count). The lowest BCUT2D eigenvalue weighted by Gasteiger charge is -2.11. The highest BCUT2D eigenvalue weighted by Gasteiger charge is 2.18. The zero-order valence-electron chi connectivity index (χ0n) is 10.8. The van der Waals surface area contributed by atoms with Crippen molar-refractivity contribution in [2.45, 2.75) is 11.2 Å². The van der Waals surface area contributed by atoms with Crippen molar-refractivity contribution in [3.8, 4) is 5.75 Å². The van der Waals surface area contributed by atoms with Gasteiger partial charge in [-0.15, -0.1) is 11.3 Å². The number of rotatable bonds is 2. The van der Waals surface area contributed by atoms with Crippen LogP contribution in [0.3, 0.4) is 0 Å². The van der Waals surface area contributed by atoms with Crippen LogP contribution in [0, 0.1) is 0 Å². The average molecular weight is 345 g/mol. The molecule has 0 spiro atoms. The van der Waals surface area contributed by atoms with Gasteiger partial charge >= 0.3 is 0 Å². The van der Waals surface area contributed by atoms with Gasteiger partial charge in [0.15, 0.2) is 0 Å². The molecule has 2 aromatic carbocycles. The normalized spacial score (nSPS) is 15.1. The number of benzene rings is 2. The summed E-state index contributed by atoms with van der Waals surface area (Å²) in [5.74, 6) is 1.05. The maximum absolute atomic E-state index is 5.58. The molecule has 3 heteroatoms. The summed E-state index contributed by atoms with van der Waals surface area (Å²) in [4.78, 5) is 0.240. The molecular weight excluding hydrogens is 332 g/mol. The Morgan fingerprint density at radius 1 is 1.15 bits per heavy atom. The molecule has 0 saturated heterocycles. The predicted octanol–water partition coefficient (Wildman–Crippen LogP) is 5.32. The Morgan fingerprint density at radius 2 is 2.05 bits per heavy atom. The SMILES string of the molecule is BrC(c1ccc2c(c1)CCO2)c1csc2ccccc12. The fourth-order valence-electron chi connectivity index (χ4n) is 2.74. The van der Waals surface area contributed by atoms with Crippen molar-refractivity contribution in [3.05, 3.63) is 64.5 Å². The number of fused-ring (bicyclic) bond motifs is 2. The fourth-order valence-corrected chi connectivity index (χ4v) is 4.56. The van der Waals surface area contributed by atoms with Gasteiger partial charge in [-0.05, 0) is 39.6 Å². The molecule has 0 saturated carbocycles. The highest BCUT2D eigenvalue weighted by molar-refractivity contribution is 9.09. The molecule has 0 fully saturated rings. The maximum Gasteiger partial charge on any atom is 0.122 e. The molecule has 0 bridgehead atoms. The topological polar surface area (TPSA) is 9.23 Å². The van der Waals surface area contributed by atoms with Crippen LogP contribution in [-0.4, -0.2) is 6.61 Å². The highest BCUT2D eigenvalue weighted by Crippen LogP contribution is 2.40. The van der Waals surface area contributed by atoms with E-state index in [2.05, 4.69) is 63.8 Å². The molecule has 1 unspecified atom stereocenters. The zero-order valence-corrected chi connectivity index (χ0v) is 13.2. The van der Waals surface area contributed by atoms with E-state index in [9.17, 15) is 0 Å². The van der Waals surface area contributed by atoms with E-state index in [1.807, 2.05) is 11.3 Å². The average Bonchev–Trinajstić information content (AvgIpc) is 3.12. The summed E-state index contributed by atoms with van der Waals surface area (Å²) in [5, 5.41) is 3.60. The lowest BCUT2D eigenvalue weighted by Crippen LogP contribution is -1.92. The van der Waals surface area contributed by atoms with Crippen LogP contribution in [0.15, 0.2) is 47.8 Å². The van der Waals surface area contributed by atoms with Crippen LogP contribution in [0.2, 0.25) is 0 Å². The molecule has 1 aliphatic rings. The second kappa shape index (κ2) is 4.90. The van der Waals surface area contributed by atoms with Gasteiger partial charge in [0.1, 0.15) is 5.75 Å². The molecule has 0 aliphatic carbocycles. The molecule has 1 nitrogen and oxygen atoms in total. The summed E-state index contributed by atoms with van der Waals surface area (Å²) >= 11 is 5.68. The van der Waals surface area contributed by atoms with E-state index in [0.717, 1.165) is 18.8 Å². The zero-order chi connectivity index (χ0) is 13.5. The Bertz CT molecular complexity index is 778. The van der Waals surface area contributed by atoms with Gasteiger partial charge in [0, 0.05) is 11.1 Å². The highest BCUT2D eigenvalue weighted by atomic mass is 79.9. The summed E-state index contributed by atoms with van der Waals surface area (Å²) in [6.45, 7) is 0.813. The van der Waals surface area contributed by atoms with Crippen molar-refractivity contribution >= 4 is 37.4 Å². The number of hydrogen-bond donors (Lipinski definition) is 0. The van der Waals surface area contributed by atoms with Crippen molar-refractivity contribution in [2.75, 3.05) is 6.61 Å². The van der Waals surface area contributed by atoms with E-state index in [1.54, 1.807) is 0 Å². The van der Waals surface area contributed by atoms with E-state index in [4.69, 9.17) is 4.74 Å². The van der Waals surface area contributed by atoms with Crippen molar-refractivity contribution < 1.29 is 4.74 Å². The third-order valence-electron chi connectivity index (χ3n) is 3.79. The summed E-state index contributed by atoms with van der Waals surface area (Å²) in [6.07, 6.45) is 1.02.